The van der Waals surface area contributed by atoms with Crippen LogP contribution in [0.5, 0.6) is 5.75 Å². The van der Waals surface area contributed by atoms with E-state index in [9.17, 15) is 19.2 Å². The number of aromatic nitrogens is 3. The molecule has 1 fully saturated rings. The summed E-state index contributed by atoms with van der Waals surface area (Å²) >= 11 is 0. The number of rotatable bonds is 4. The largest absolute Gasteiger partial charge is 0.492 e. The zero-order valence-electron chi connectivity index (χ0n) is 26.4. The summed E-state index contributed by atoms with van der Waals surface area (Å²) in [5.41, 5.74) is 1.57. The molecule has 13 heteroatoms. The van der Waals surface area contributed by atoms with Gasteiger partial charge in [0.25, 0.3) is 0 Å². The van der Waals surface area contributed by atoms with Gasteiger partial charge in [0.15, 0.2) is 5.82 Å². The summed E-state index contributed by atoms with van der Waals surface area (Å²) in [5, 5.41) is 19.4. The Hall–Kier alpha value is -4.78. The van der Waals surface area contributed by atoms with Crippen LogP contribution in [0.1, 0.15) is 51.0 Å². The van der Waals surface area contributed by atoms with E-state index in [1.54, 1.807) is 19.1 Å². The molecule has 1 aromatic heterocycles. The molecule has 0 spiro atoms. The highest BCUT2D eigenvalue weighted by Gasteiger charge is 2.32. The molecule has 5 N–H and O–H groups in total. The zero-order chi connectivity index (χ0) is 32.6. The molecule has 6 rings (SSSR count). The predicted molar refractivity (Wildman–Crippen MR) is 170 cm³/mol. The van der Waals surface area contributed by atoms with Gasteiger partial charge in [0, 0.05) is 12.0 Å². The highest BCUT2D eigenvalue weighted by molar-refractivity contribution is 5.93. The number of ether oxygens (including phenoxy) is 1. The maximum atomic E-state index is 13.8. The average Bonchev–Trinajstić information content (AvgIpc) is 3.73. The molecule has 0 aliphatic carbocycles. The molecule has 3 aliphatic rings. The second-order valence-electron chi connectivity index (χ2n) is 12.0. The molecule has 0 radical (unpaired) electrons. The number of nitrogens with one attached hydrogen (secondary N) is 5. The van der Waals surface area contributed by atoms with Crippen molar-refractivity contribution >= 4 is 23.6 Å². The van der Waals surface area contributed by atoms with Gasteiger partial charge in [0.05, 0.1) is 18.6 Å². The van der Waals surface area contributed by atoms with Crippen LogP contribution >= 0.6 is 0 Å². The van der Waals surface area contributed by atoms with Crippen molar-refractivity contribution in [2.24, 2.45) is 5.92 Å². The third kappa shape index (κ3) is 8.27. The van der Waals surface area contributed by atoms with Crippen molar-refractivity contribution in [2.75, 3.05) is 19.7 Å². The smallest absolute Gasteiger partial charge is 0.243 e. The summed E-state index contributed by atoms with van der Waals surface area (Å²) in [6, 6.07) is 13.7. The Kier molecular flexibility index (Phi) is 10.6. The van der Waals surface area contributed by atoms with Crippen LogP contribution < -0.4 is 31.3 Å². The lowest BCUT2D eigenvalue weighted by Crippen LogP contribution is -2.57. The van der Waals surface area contributed by atoms with Gasteiger partial charge in [-0.05, 0) is 49.9 Å². The molecule has 4 amide bonds. The van der Waals surface area contributed by atoms with Crippen LogP contribution in [0.3, 0.4) is 0 Å². The SMILES string of the molecule is CC(C)[C@H]1NC(=O)[C@@H](NC(=O)[C@@H]2CCCN2)Cc2ccc(cc2)OCCNC(=O)Cn2nc(-c3ccccc3)nc2[C@H](C)NC1=O. The molecule has 13 nitrogen and oxygen atoms in total. The molecule has 46 heavy (non-hydrogen) atoms. The Morgan fingerprint density at radius 3 is 2.46 bits per heavy atom. The summed E-state index contributed by atoms with van der Waals surface area (Å²) in [6.07, 6.45) is 1.79. The maximum Gasteiger partial charge on any atom is 0.243 e. The van der Waals surface area contributed by atoms with E-state index in [0.717, 1.165) is 24.1 Å². The minimum atomic E-state index is -0.912. The number of amides is 4. The van der Waals surface area contributed by atoms with Crippen LogP contribution in [0, 0.1) is 5.92 Å². The van der Waals surface area contributed by atoms with Crippen LogP contribution in [0.25, 0.3) is 11.4 Å². The second kappa shape index (κ2) is 15.0. The maximum absolute atomic E-state index is 13.8. The van der Waals surface area contributed by atoms with Crippen LogP contribution in [0.15, 0.2) is 54.6 Å². The molecule has 244 valence electrons. The lowest BCUT2D eigenvalue weighted by molar-refractivity contribution is -0.133. The number of nitrogens with zero attached hydrogens (tertiary/aromatic N) is 3. The fraction of sp³-hybridized carbons (Fsp3) is 0.455. The summed E-state index contributed by atoms with van der Waals surface area (Å²) in [5.74, 6) is -0.295. The number of carbonyl (C=O) groups is 4. The van der Waals surface area contributed by atoms with Crippen molar-refractivity contribution in [3.8, 4) is 17.1 Å². The minimum absolute atomic E-state index is 0.119. The lowest BCUT2D eigenvalue weighted by Gasteiger charge is -2.27. The van der Waals surface area contributed by atoms with Crippen LogP contribution in [0.4, 0.5) is 0 Å². The first kappa shape index (κ1) is 32.6. The first-order valence-corrected chi connectivity index (χ1v) is 15.8. The van der Waals surface area contributed by atoms with Gasteiger partial charge in [-0.3, -0.25) is 19.2 Å². The van der Waals surface area contributed by atoms with Gasteiger partial charge >= 0.3 is 0 Å². The summed E-state index contributed by atoms with van der Waals surface area (Å²) in [4.78, 5) is 58.1. The fourth-order valence-electron chi connectivity index (χ4n) is 5.56. The Morgan fingerprint density at radius 1 is 1.00 bits per heavy atom. The molecule has 1 saturated heterocycles. The Labute approximate surface area is 268 Å². The first-order valence-electron chi connectivity index (χ1n) is 15.8. The predicted octanol–water partition coefficient (Wildman–Crippen LogP) is 1.25. The van der Waals surface area contributed by atoms with Crippen molar-refractivity contribution in [3.05, 3.63) is 66.0 Å². The Balaban J connectivity index is 1.43. The van der Waals surface area contributed by atoms with E-state index in [-0.39, 0.29) is 49.9 Å². The Bertz CT molecular complexity index is 1520. The fourth-order valence-corrected chi connectivity index (χ4v) is 5.56. The second-order valence-corrected chi connectivity index (χ2v) is 12.0. The third-order valence-corrected chi connectivity index (χ3v) is 8.08. The Morgan fingerprint density at radius 2 is 1.76 bits per heavy atom. The quantitative estimate of drug-likeness (QED) is 0.287. The van der Waals surface area contributed by atoms with Gasteiger partial charge in [-0.15, -0.1) is 0 Å². The number of hydrogen-bond donors (Lipinski definition) is 5. The number of benzene rings is 2. The van der Waals surface area contributed by atoms with E-state index in [1.165, 1.54) is 4.68 Å². The molecule has 2 bridgehead atoms. The highest BCUT2D eigenvalue weighted by atomic mass is 16.5. The van der Waals surface area contributed by atoms with Gasteiger partial charge in [-0.25, -0.2) is 9.67 Å². The highest BCUT2D eigenvalue weighted by Crippen LogP contribution is 2.20. The molecule has 4 heterocycles. The monoisotopic (exact) mass is 630 g/mol. The van der Waals surface area contributed by atoms with Gasteiger partial charge in [-0.1, -0.05) is 56.3 Å². The normalized spacial score (nSPS) is 23.1. The minimum Gasteiger partial charge on any atom is -0.492 e. The number of carbonyl (C=O) groups excluding carboxylic acids is 4. The molecule has 3 aliphatic heterocycles. The molecule has 0 saturated carbocycles. The molecule has 2 aromatic carbocycles. The van der Waals surface area contributed by atoms with Gasteiger partial charge in [-0.2, -0.15) is 5.10 Å². The van der Waals surface area contributed by atoms with Gasteiger partial charge in [0.1, 0.15) is 36.8 Å². The van der Waals surface area contributed by atoms with Crippen molar-refractivity contribution in [1.29, 1.82) is 0 Å². The molecular formula is C33H42N8O5. The van der Waals surface area contributed by atoms with Crippen molar-refractivity contribution < 1.29 is 23.9 Å². The van der Waals surface area contributed by atoms with E-state index in [0.29, 0.717) is 23.8 Å². The van der Waals surface area contributed by atoms with E-state index >= 15 is 0 Å². The van der Waals surface area contributed by atoms with E-state index < -0.39 is 29.9 Å². The van der Waals surface area contributed by atoms with E-state index in [4.69, 9.17) is 4.74 Å². The van der Waals surface area contributed by atoms with Crippen molar-refractivity contribution in [2.45, 2.75) is 70.7 Å². The summed E-state index contributed by atoms with van der Waals surface area (Å²) in [7, 11) is 0. The van der Waals surface area contributed by atoms with Gasteiger partial charge < -0.3 is 31.3 Å². The molecule has 4 atom stereocenters. The van der Waals surface area contributed by atoms with E-state index in [2.05, 4.69) is 36.7 Å². The molecule has 0 unspecified atom stereocenters. The van der Waals surface area contributed by atoms with Crippen LogP contribution in [-0.4, -0.2) is 76.2 Å². The molecule has 3 aromatic rings. The first-order chi connectivity index (χ1) is 22.2. The molecular weight excluding hydrogens is 588 g/mol. The summed E-state index contributed by atoms with van der Waals surface area (Å²) < 4.78 is 7.29. The van der Waals surface area contributed by atoms with Crippen LogP contribution in [-0.2, 0) is 32.1 Å². The topological polar surface area (TPSA) is 168 Å². The van der Waals surface area contributed by atoms with Gasteiger partial charge in [0.2, 0.25) is 23.6 Å². The van der Waals surface area contributed by atoms with Crippen molar-refractivity contribution in [3.63, 3.8) is 0 Å². The summed E-state index contributed by atoms with van der Waals surface area (Å²) in [6.45, 7) is 6.56. The number of hydrogen-bond acceptors (Lipinski definition) is 8. The van der Waals surface area contributed by atoms with Crippen molar-refractivity contribution in [1.82, 2.24) is 41.3 Å². The van der Waals surface area contributed by atoms with Crippen LogP contribution in [0.2, 0.25) is 0 Å². The standard InChI is InChI=1S/C33H42N8O5/c1-20(2)28-33(45)36-21(3)30-39-29(23-8-5-4-6-9-23)40-41(30)19-27(42)35-16-17-46-24-13-11-22(12-14-24)18-26(32(44)38-28)37-31(43)25-10-7-15-34-25/h4-6,8-9,11-14,20-21,25-26,28,34H,7,10,15-19H2,1-3H3,(H,35,42)(H,36,45)(H,37,43)(H,38,44)/t21-,25-,26-,28+/m0/s1. The zero-order valence-corrected chi connectivity index (χ0v) is 26.4. The number of fused-ring (bicyclic) bond motifs is 14. The lowest BCUT2D eigenvalue weighted by atomic mass is 10.00. The van der Waals surface area contributed by atoms with E-state index in [1.807, 2.05) is 56.3 Å². The third-order valence-electron chi connectivity index (χ3n) is 8.08. The average molecular weight is 631 g/mol.